The van der Waals surface area contributed by atoms with Crippen LogP contribution in [0, 0.1) is 13.8 Å². The number of rotatable bonds is 4. The number of aryl methyl sites for hydroxylation is 2. The molecule has 4 aromatic rings. The molecular formula is C29H24N2O4. The molecular weight excluding hydrogens is 440 g/mol. The van der Waals surface area contributed by atoms with Crippen molar-refractivity contribution < 1.29 is 19.4 Å². The lowest BCUT2D eigenvalue weighted by Crippen LogP contribution is -2.29. The Morgan fingerprint density at radius 3 is 2.51 bits per heavy atom. The standard InChI is InChI=1S/C29H24N2O4/c1-17-14-18(2)28(35-3)22(15-17)26(32)24-25(20-10-7-13-30-16-20)31(29(34)27(24)33)23-12-6-9-19-8-4-5-11-21(19)23/h4-16,25,32H,1-3H3/b26-24+. The number of carbonyl (C=O) groups excluding carboxylic acids is 2. The summed E-state index contributed by atoms with van der Waals surface area (Å²) in [7, 11) is 1.52. The Kier molecular flexibility index (Phi) is 5.57. The molecule has 1 aromatic heterocycles. The van der Waals surface area contributed by atoms with Gasteiger partial charge in [0.1, 0.15) is 11.5 Å². The van der Waals surface area contributed by atoms with Crippen LogP contribution < -0.4 is 9.64 Å². The van der Waals surface area contributed by atoms with Crippen molar-refractivity contribution in [3.8, 4) is 5.75 Å². The predicted molar refractivity (Wildman–Crippen MR) is 135 cm³/mol. The van der Waals surface area contributed by atoms with E-state index in [1.807, 2.05) is 62.4 Å². The van der Waals surface area contributed by atoms with Crippen molar-refractivity contribution in [2.24, 2.45) is 0 Å². The molecule has 1 aliphatic heterocycles. The lowest BCUT2D eigenvalue weighted by molar-refractivity contribution is -0.132. The van der Waals surface area contributed by atoms with Crippen molar-refractivity contribution in [3.05, 3.63) is 107 Å². The number of ether oxygens (including phenoxy) is 1. The van der Waals surface area contributed by atoms with Crippen LogP contribution in [0.5, 0.6) is 5.75 Å². The zero-order valence-electron chi connectivity index (χ0n) is 19.6. The van der Waals surface area contributed by atoms with Gasteiger partial charge in [0.2, 0.25) is 0 Å². The van der Waals surface area contributed by atoms with Crippen LogP contribution in [0.3, 0.4) is 0 Å². The quantitative estimate of drug-likeness (QED) is 0.246. The summed E-state index contributed by atoms with van der Waals surface area (Å²) < 4.78 is 5.57. The number of aliphatic hydroxyl groups is 1. The third-order valence-corrected chi connectivity index (χ3v) is 6.35. The summed E-state index contributed by atoms with van der Waals surface area (Å²) in [6.07, 6.45) is 3.24. The molecule has 35 heavy (non-hydrogen) atoms. The van der Waals surface area contributed by atoms with Gasteiger partial charge >= 0.3 is 0 Å². The molecule has 0 aliphatic carbocycles. The third kappa shape index (κ3) is 3.64. The van der Waals surface area contributed by atoms with Crippen molar-refractivity contribution in [1.29, 1.82) is 0 Å². The number of aliphatic hydroxyl groups excluding tert-OH is 1. The van der Waals surface area contributed by atoms with E-state index in [0.717, 1.165) is 21.9 Å². The molecule has 1 N–H and O–H groups in total. The topological polar surface area (TPSA) is 79.7 Å². The number of anilines is 1. The molecule has 1 amide bonds. The lowest BCUT2D eigenvalue weighted by Gasteiger charge is -2.26. The van der Waals surface area contributed by atoms with Crippen LogP contribution in [0.4, 0.5) is 5.69 Å². The zero-order chi connectivity index (χ0) is 24.7. The number of carbonyl (C=O) groups is 2. The summed E-state index contributed by atoms with van der Waals surface area (Å²) >= 11 is 0. The number of amides is 1. The first-order valence-corrected chi connectivity index (χ1v) is 11.3. The third-order valence-electron chi connectivity index (χ3n) is 6.35. The second-order valence-corrected chi connectivity index (χ2v) is 8.62. The van der Waals surface area contributed by atoms with Gasteiger partial charge in [-0.15, -0.1) is 0 Å². The molecule has 1 fully saturated rings. The van der Waals surface area contributed by atoms with Gasteiger partial charge in [-0.2, -0.15) is 0 Å². The smallest absolute Gasteiger partial charge is 0.300 e. The molecule has 1 saturated heterocycles. The Bertz CT molecular complexity index is 1500. The van der Waals surface area contributed by atoms with Crippen molar-refractivity contribution in [3.63, 3.8) is 0 Å². The predicted octanol–water partition coefficient (Wildman–Crippen LogP) is 5.49. The highest BCUT2D eigenvalue weighted by molar-refractivity contribution is 6.52. The van der Waals surface area contributed by atoms with E-state index in [1.54, 1.807) is 30.6 Å². The monoisotopic (exact) mass is 464 g/mol. The van der Waals surface area contributed by atoms with E-state index < -0.39 is 17.7 Å². The van der Waals surface area contributed by atoms with Gasteiger partial charge in [-0.25, -0.2) is 0 Å². The molecule has 0 saturated carbocycles. The fourth-order valence-corrected chi connectivity index (χ4v) is 4.90. The van der Waals surface area contributed by atoms with Crippen LogP contribution in [-0.4, -0.2) is 28.9 Å². The van der Waals surface area contributed by atoms with E-state index in [4.69, 9.17) is 4.74 Å². The number of nitrogens with zero attached hydrogens (tertiary/aromatic N) is 2. The van der Waals surface area contributed by atoms with Gasteiger partial charge < -0.3 is 9.84 Å². The summed E-state index contributed by atoms with van der Waals surface area (Å²) in [5.41, 5.74) is 3.28. The highest BCUT2D eigenvalue weighted by atomic mass is 16.5. The first-order chi connectivity index (χ1) is 16.9. The van der Waals surface area contributed by atoms with E-state index >= 15 is 0 Å². The minimum atomic E-state index is -0.861. The molecule has 6 heteroatoms. The van der Waals surface area contributed by atoms with Crippen molar-refractivity contribution in [2.45, 2.75) is 19.9 Å². The van der Waals surface area contributed by atoms with Gasteiger partial charge in [0.05, 0.1) is 30.0 Å². The summed E-state index contributed by atoms with van der Waals surface area (Å²) in [6, 6.07) is 19.7. The number of fused-ring (bicyclic) bond motifs is 1. The first-order valence-electron chi connectivity index (χ1n) is 11.3. The molecule has 1 unspecified atom stereocenters. The van der Waals surface area contributed by atoms with Gasteiger partial charge in [-0.3, -0.25) is 19.5 Å². The van der Waals surface area contributed by atoms with Gasteiger partial charge in [0.25, 0.3) is 11.7 Å². The van der Waals surface area contributed by atoms with E-state index in [1.165, 1.54) is 12.0 Å². The first kappa shape index (κ1) is 22.3. The highest BCUT2D eigenvalue weighted by Crippen LogP contribution is 2.45. The Hall–Kier alpha value is -4.45. The average molecular weight is 465 g/mol. The fourth-order valence-electron chi connectivity index (χ4n) is 4.90. The molecule has 1 aliphatic rings. The second kappa shape index (κ2) is 8.72. The van der Waals surface area contributed by atoms with Gasteiger partial charge in [-0.05, 0) is 54.1 Å². The van der Waals surface area contributed by atoms with Crippen LogP contribution in [0.15, 0.2) is 84.7 Å². The normalized spacial score (nSPS) is 17.2. The zero-order valence-corrected chi connectivity index (χ0v) is 19.6. The van der Waals surface area contributed by atoms with E-state index in [0.29, 0.717) is 22.6 Å². The van der Waals surface area contributed by atoms with Crippen LogP contribution in [-0.2, 0) is 9.59 Å². The maximum absolute atomic E-state index is 13.5. The number of hydrogen-bond donors (Lipinski definition) is 1. The minimum absolute atomic E-state index is 0.000709. The second-order valence-electron chi connectivity index (χ2n) is 8.62. The number of pyridine rings is 1. The van der Waals surface area contributed by atoms with E-state index in [9.17, 15) is 14.7 Å². The van der Waals surface area contributed by atoms with Crippen LogP contribution in [0.2, 0.25) is 0 Å². The Morgan fingerprint density at radius 1 is 1.00 bits per heavy atom. The minimum Gasteiger partial charge on any atom is -0.507 e. The number of hydrogen-bond acceptors (Lipinski definition) is 5. The van der Waals surface area contributed by atoms with Gasteiger partial charge in [-0.1, -0.05) is 48.5 Å². The van der Waals surface area contributed by atoms with E-state index in [-0.39, 0.29) is 11.3 Å². The number of benzene rings is 3. The Labute approximate surface area is 203 Å². The number of ketones is 1. The highest BCUT2D eigenvalue weighted by Gasteiger charge is 2.47. The van der Waals surface area contributed by atoms with Crippen molar-refractivity contribution in [2.75, 3.05) is 12.0 Å². The Balaban J connectivity index is 1.81. The summed E-state index contributed by atoms with van der Waals surface area (Å²) in [5, 5.41) is 13.3. The molecule has 174 valence electrons. The van der Waals surface area contributed by atoms with Gasteiger partial charge in [0, 0.05) is 17.8 Å². The molecule has 0 spiro atoms. The number of methoxy groups -OCH3 is 1. The van der Waals surface area contributed by atoms with Crippen molar-refractivity contribution in [1.82, 2.24) is 4.98 Å². The van der Waals surface area contributed by atoms with E-state index in [2.05, 4.69) is 4.98 Å². The summed E-state index contributed by atoms with van der Waals surface area (Å²) in [4.78, 5) is 32.8. The summed E-state index contributed by atoms with van der Waals surface area (Å²) in [6.45, 7) is 3.77. The average Bonchev–Trinajstić information content (AvgIpc) is 3.13. The van der Waals surface area contributed by atoms with Crippen molar-refractivity contribution >= 4 is 33.9 Å². The Morgan fingerprint density at radius 2 is 1.77 bits per heavy atom. The fraction of sp³-hybridized carbons (Fsp3) is 0.138. The summed E-state index contributed by atoms with van der Waals surface area (Å²) in [5.74, 6) is -1.29. The van der Waals surface area contributed by atoms with Crippen LogP contribution >= 0.6 is 0 Å². The maximum Gasteiger partial charge on any atom is 0.300 e. The number of aromatic nitrogens is 1. The largest absolute Gasteiger partial charge is 0.507 e. The van der Waals surface area contributed by atoms with Crippen LogP contribution in [0.25, 0.3) is 16.5 Å². The molecule has 0 radical (unpaired) electrons. The van der Waals surface area contributed by atoms with Gasteiger partial charge in [0.15, 0.2) is 0 Å². The molecule has 1 atom stereocenters. The number of Topliss-reactive ketones (excluding diaryl/α,β-unsaturated/α-hetero) is 1. The molecule has 5 rings (SSSR count). The molecule has 6 nitrogen and oxygen atoms in total. The lowest BCUT2D eigenvalue weighted by atomic mass is 9.94. The molecule has 3 aromatic carbocycles. The molecule has 0 bridgehead atoms. The maximum atomic E-state index is 13.5. The van der Waals surface area contributed by atoms with Crippen LogP contribution in [0.1, 0.15) is 28.3 Å². The molecule has 2 heterocycles. The SMILES string of the molecule is COc1c(C)cc(C)cc1/C(O)=C1\C(=O)C(=O)N(c2cccc3ccccc23)C1c1cccnc1.